The third kappa shape index (κ3) is 5.32. The van der Waals surface area contributed by atoms with Gasteiger partial charge in [-0.3, -0.25) is 14.9 Å². The molecule has 0 fully saturated rings. The summed E-state index contributed by atoms with van der Waals surface area (Å²) >= 11 is 0. The van der Waals surface area contributed by atoms with Crippen molar-refractivity contribution in [3.05, 3.63) is 112 Å². The van der Waals surface area contributed by atoms with Crippen LogP contribution in [-0.4, -0.2) is 17.9 Å². The molecule has 0 aliphatic carbocycles. The van der Waals surface area contributed by atoms with Gasteiger partial charge in [-0.15, -0.1) is 0 Å². The van der Waals surface area contributed by atoms with E-state index in [2.05, 4.69) is 5.32 Å². The molecule has 1 N–H and O–H groups in total. The van der Waals surface area contributed by atoms with Gasteiger partial charge >= 0.3 is 0 Å². The average Bonchev–Trinajstić information content (AvgIpc) is 2.91. The van der Waals surface area contributed by atoms with Gasteiger partial charge in [0.2, 0.25) is 0 Å². The number of ether oxygens (including phenoxy) is 2. The van der Waals surface area contributed by atoms with Gasteiger partial charge in [0.25, 0.3) is 11.6 Å². The average molecular weight is 479 g/mol. The number of carbonyl (C=O) groups excluding carboxylic acids is 1. The highest BCUT2D eigenvalue weighted by molar-refractivity contribution is 6.10. The Morgan fingerprint density at radius 1 is 1.06 bits per heavy atom. The first-order valence-electron chi connectivity index (χ1n) is 10.9. The molecular weight excluding hydrogens is 458 g/mol. The van der Waals surface area contributed by atoms with Gasteiger partial charge < -0.3 is 14.8 Å². The Morgan fingerprint density at radius 2 is 1.81 bits per heavy atom. The van der Waals surface area contributed by atoms with Crippen molar-refractivity contribution in [2.75, 3.05) is 12.4 Å². The molecule has 0 aromatic heterocycles. The molecule has 0 aliphatic heterocycles. The maximum Gasteiger partial charge on any atom is 0.296 e. The van der Waals surface area contributed by atoms with Crippen molar-refractivity contribution in [3.8, 4) is 17.6 Å². The van der Waals surface area contributed by atoms with Gasteiger partial charge in [-0.05, 0) is 40.6 Å². The Kier molecular flexibility index (Phi) is 7.22. The maximum atomic E-state index is 12.8. The zero-order valence-corrected chi connectivity index (χ0v) is 19.3. The summed E-state index contributed by atoms with van der Waals surface area (Å²) in [6.07, 6.45) is 1.39. The van der Waals surface area contributed by atoms with Crippen molar-refractivity contribution in [1.29, 1.82) is 5.26 Å². The van der Waals surface area contributed by atoms with E-state index < -0.39 is 10.8 Å². The van der Waals surface area contributed by atoms with Crippen LogP contribution in [0.5, 0.6) is 11.5 Å². The number of anilines is 1. The number of methoxy groups -OCH3 is 1. The van der Waals surface area contributed by atoms with Gasteiger partial charge in [0.15, 0.2) is 0 Å². The number of carbonyl (C=O) groups is 1. The number of nitrogens with zero attached hydrogens (tertiary/aromatic N) is 2. The molecule has 4 aromatic carbocycles. The number of para-hydroxylation sites is 1. The van der Waals surface area contributed by atoms with Gasteiger partial charge in [-0.2, -0.15) is 5.26 Å². The van der Waals surface area contributed by atoms with E-state index in [4.69, 9.17) is 9.47 Å². The number of nitro groups is 1. The molecule has 0 heterocycles. The van der Waals surface area contributed by atoms with E-state index in [0.29, 0.717) is 17.9 Å². The topological polar surface area (TPSA) is 114 Å². The summed E-state index contributed by atoms with van der Waals surface area (Å²) in [5, 5.41) is 25.7. The van der Waals surface area contributed by atoms with E-state index in [-0.39, 0.29) is 22.7 Å². The lowest BCUT2D eigenvalue weighted by Crippen LogP contribution is -2.14. The van der Waals surface area contributed by atoms with E-state index >= 15 is 0 Å². The van der Waals surface area contributed by atoms with Crippen LogP contribution in [0.4, 0.5) is 11.4 Å². The predicted molar refractivity (Wildman–Crippen MR) is 137 cm³/mol. The Bertz CT molecular complexity index is 1520. The van der Waals surface area contributed by atoms with Crippen LogP contribution in [0.25, 0.3) is 16.8 Å². The molecule has 0 bridgehead atoms. The van der Waals surface area contributed by atoms with Crippen LogP contribution in [-0.2, 0) is 11.4 Å². The summed E-state index contributed by atoms with van der Waals surface area (Å²) in [5.74, 6) is -0.0240. The first-order chi connectivity index (χ1) is 17.5. The Balaban J connectivity index is 1.57. The number of nitrogens with one attached hydrogen (secondary N) is 1. The third-order valence-electron chi connectivity index (χ3n) is 5.50. The number of hydrogen-bond acceptors (Lipinski definition) is 6. The standard InChI is InChI=1S/C28H21N3O5/c1-35-23-13-14-25(26(16-23)31(33)34)30-28(32)22(17-29)15-20-8-3-5-12-27(20)36-18-21-10-6-9-19-7-2-4-11-24(19)21/h2-16H,18H2,1H3,(H,30,32)/b22-15+. The van der Waals surface area contributed by atoms with Crippen molar-refractivity contribution in [2.45, 2.75) is 6.61 Å². The smallest absolute Gasteiger partial charge is 0.296 e. The highest BCUT2D eigenvalue weighted by atomic mass is 16.6. The largest absolute Gasteiger partial charge is 0.496 e. The van der Waals surface area contributed by atoms with Gasteiger partial charge in [-0.1, -0.05) is 60.7 Å². The second kappa shape index (κ2) is 10.8. The highest BCUT2D eigenvalue weighted by Crippen LogP contribution is 2.30. The fourth-order valence-electron chi connectivity index (χ4n) is 3.69. The second-order valence-electron chi connectivity index (χ2n) is 7.73. The molecular formula is C28H21N3O5. The Hall–Kier alpha value is -5.16. The normalized spacial score (nSPS) is 10.9. The number of rotatable bonds is 8. The van der Waals surface area contributed by atoms with Gasteiger partial charge in [0.1, 0.15) is 35.4 Å². The van der Waals surface area contributed by atoms with Crippen LogP contribution < -0.4 is 14.8 Å². The number of nitro benzene ring substituents is 1. The van der Waals surface area contributed by atoms with Crippen molar-refractivity contribution < 1.29 is 19.2 Å². The first-order valence-corrected chi connectivity index (χ1v) is 10.9. The zero-order chi connectivity index (χ0) is 25.5. The molecule has 8 nitrogen and oxygen atoms in total. The van der Waals surface area contributed by atoms with Crippen LogP contribution in [0.3, 0.4) is 0 Å². The van der Waals surface area contributed by atoms with Gasteiger partial charge in [0, 0.05) is 5.56 Å². The zero-order valence-electron chi connectivity index (χ0n) is 19.3. The predicted octanol–water partition coefficient (Wildman–Crippen LogP) is 5.88. The lowest BCUT2D eigenvalue weighted by atomic mass is 10.1. The fourth-order valence-corrected chi connectivity index (χ4v) is 3.69. The van der Waals surface area contributed by atoms with Crippen LogP contribution >= 0.6 is 0 Å². The minimum Gasteiger partial charge on any atom is -0.496 e. The first kappa shape index (κ1) is 24.0. The van der Waals surface area contributed by atoms with Crippen molar-refractivity contribution in [3.63, 3.8) is 0 Å². The van der Waals surface area contributed by atoms with E-state index in [9.17, 15) is 20.2 Å². The molecule has 4 rings (SSSR count). The van der Waals surface area contributed by atoms with E-state index in [1.54, 1.807) is 24.3 Å². The molecule has 0 atom stereocenters. The molecule has 0 radical (unpaired) electrons. The molecule has 178 valence electrons. The number of hydrogen-bond donors (Lipinski definition) is 1. The second-order valence-corrected chi connectivity index (χ2v) is 7.73. The molecule has 4 aromatic rings. The lowest BCUT2D eigenvalue weighted by Gasteiger charge is -2.12. The molecule has 0 saturated heterocycles. The number of nitriles is 1. The molecule has 0 aliphatic rings. The van der Waals surface area contributed by atoms with Gasteiger partial charge in [-0.25, -0.2) is 0 Å². The quantitative estimate of drug-likeness (QED) is 0.146. The SMILES string of the molecule is COc1ccc(NC(=O)/C(C#N)=C/c2ccccc2OCc2cccc3ccccc23)c([N+](=O)[O-])c1. The van der Waals surface area contributed by atoms with Crippen molar-refractivity contribution >= 4 is 34.1 Å². The lowest BCUT2D eigenvalue weighted by molar-refractivity contribution is -0.384. The number of benzene rings is 4. The minimum atomic E-state index is -0.783. The number of amides is 1. The molecule has 36 heavy (non-hydrogen) atoms. The molecule has 0 spiro atoms. The van der Waals surface area contributed by atoms with Gasteiger partial charge in [0.05, 0.1) is 18.1 Å². The molecule has 0 saturated carbocycles. The molecule has 1 amide bonds. The summed E-state index contributed by atoms with van der Waals surface area (Å²) in [7, 11) is 1.38. The summed E-state index contributed by atoms with van der Waals surface area (Å²) in [4.78, 5) is 23.6. The maximum absolute atomic E-state index is 12.8. The Labute approximate surface area is 207 Å². The third-order valence-corrected chi connectivity index (χ3v) is 5.50. The van der Waals surface area contributed by atoms with Crippen LogP contribution in [0.2, 0.25) is 0 Å². The minimum absolute atomic E-state index is 0.0487. The summed E-state index contributed by atoms with van der Waals surface area (Å²) in [6.45, 7) is 0.290. The number of fused-ring (bicyclic) bond motifs is 1. The highest BCUT2D eigenvalue weighted by Gasteiger charge is 2.19. The van der Waals surface area contributed by atoms with E-state index in [0.717, 1.165) is 16.3 Å². The van der Waals surface area contributed by atoms with Crippen LogP contribution in [0, 0.1) is 21.4 Å². The molecule has 8 heteroatoms. The summed E-state index contributed by atoms with van der Waals surface area (Å²) in [5.41, 5.74) is 0.887. The van der Waals surface area contributed by atoms with Crippen molar-refractivity contribution in [2.24, 2.45) is 0 Å². The fraction of sp³-hybridized carbons (Fsp3) is 0.0714. The monoisotopic (exact) mass is 479 g/mol. The van der Waals surface area contributed by atoms with E-state index in [1.807, 2.05) is 48.5 Å². The van der Waals surface area contributed by atoms with E-state index in [1.165, 1.54) is 31.4 Å². The van der Waals surface area contributed by atoms with Crippen LogP contribution in [0.1, 0.15) is 11.1 Å². The molecule has 0 unspecified atom stereocenters. The summed E-state index contributed by atoms with van der Waals surface area (Å²) in [6, 6.07) is 26.9. The Morgan fingerprint density at radius 3 is 2.58 bits per heavy atom. The van der Waals surface area contributed by atoms with Crippen molar-refractivity contribution in [1.82, 2.24) is 0 Å². The summed E-state index contributed by atoms with van der Waals surface area (Å²) < 4.78 is 11.1. The van der Waals surface area contributed by atoms with Crippen LogP contribution in [0.15, 0.2) is 90.5 Å².